The van der Waals surface area contributed by atoms with Crippen LogP contribution in [0.4, 0.5) is 0 Å². The summed E-state index contributed by atoms with van der Waals surface area (Å²) in [5.41, 5.74) is -0.104. The third kappa shape index (κ3) is 3.23. The number of fused-ring (bicyclic) bond motifs is 2. The van der Waals surface area contributed by atoms with Crippen LogP contribution in [0.1, 0.15) is 31.2 Å². The Hall–Kier alpha value is -0.480. The van der Waals surface area contributed by atoms with Gasteiger partial charge in [-0.2, -0.15) is 0 Å². The summed E-state index contributed by atoms with van der Waals surface area (Å²) in [6, 6.07) is 5.01. The minimum atomic E-state index is -0.878. The van der Waals surface area contributed by atoms with E-state index in [0.717, 1.165) is 18.5 Å². The summed E-state index contributed by atoms with van der Waals surface area (Å²) >= 11 is 6.09. The highest BCUT2D eigenvalue weighted by atomic mass is 35.5. The lowest BCUT2D eigenvalue weighted by atomic mass is 9.66. The molecule has 0 aliphatic heterocycles. The first-order chi connectivity index (χ1) is 9.88. The molecule has 1 aromatic rings. The number of hydrogen-bond donors (Lipinski definition) is 2. The van der Waals surface area contributed by atoms with Gasteiger partial charge in [-0.05, 0) is 69.0 Å². The number of rotatable bonds is 3. The van der Waals surface area contributed by atoms with E-state index < -0.39 is 5.60 Å². The Labute approximate surface area is 143 Å². The molecule has 0 saturated heterocycles. The Balaban J connectivity index is 0.00000176. The summed E-state index contributed by atoms with van der Waals surface area (Å²) in [6.07, 6.45) is 4.43. The first kappa shape index (κ1) is 17.9. The number of benzene rings is 1. The van der Waals surface area contributed by atoms with Crippen LogP contribution >= 0.6 is 24.0 Å². The van der Waals surface area contributed by atoms with E-state index in [1.807, 2.05) is 6.07 Å². The maximum Gasteiger partial charge on any atom is 0.117 e. The second-order valence-electron chi connectivity index (χ2n) is 7.13. The summed E-state index contributed by atoms with van der Waals surface area (Å²) in [7, 11) is 4.10. The molecular formula is C17H25Cl2NO2. The quantitative estimate of drug-likeness (QED) is 0.878. The van der Waals surface area contributed by atoms with E-state index in [1.165, 1.54) is 25.3 Å². The molecule has 5 heteroatoms. The fourth-order valence-electron chi connectivity index (χ4n) is 4.50. The van der Waals surface area contributed by atoms with Crippen LogP contribution in [0.3, 0.4) is 0 Å². The van der Waals surface area contributed by atoms with Gasteiger partial charge in [0, 0.05) is 17.5 Å². The Morgan fingerprint density at radius 3 is 2.64 bits per heavy atom. The lowest BCUT2D eigenvalue weighted by Crippen LogP contribution is -2.47. The van der Waals surface area contributed by atoms with Crippen LogP contribution in [0.5, 0.6) is 5.75 Å². The number of phenols is 1. The molecule has 4 unspecified atom stereocenters. The molecule has 2 fully saturated rings. The summed E-state index contributed by atoms with van der Waals surface area (Å²) in [6.45, 7) is 0.862. The minimum Gasteiger partial charge on any atom is -0.508 e. The molecule has 22 heavy (non-hydrogen) atoms. The maximum atomic E-state index is 11.5. The molecule has 0 spiro atoms. The predicted octanol–water partition coefficient (Wildman–Crippen LogP) is 3.65. The number of hydrogen-bond acceptors (Lipinski definition) is 3. The Morgan fingerprint density at radius 1 is 1.27 bits per heavy atom. The molecule has 0 aromatic heterocycles. The molecule has 4 atom stereocenters. The number of aromatic hydroxyl groups is 1. The van der Waals surface area contributed by atoms with Crippen molar-refractivity contribution in [1.82, 2.24) is 4.90 Å². The van der Waals surface area contributed by atoms with Crippen LogP contribution in [0, 0.1) is 17.8 Å². The molecule has 0 radical (unpaired) electrons. The molecule has 0 heterocycles. The second kappa shape index (κ2) is 6.56. The molecule has 2 aliphatic carbocycles. The number of halogens is 2. The summed E-state index contributed by atoms with van der Waals surface area (Å²) in [5.74, 6) is 1.49. The number of nitrogens with zero attached hydrogens (tertiary/aromatic N) is 1. The van der Waals surface area contributed by atoms with Crippen molar-refractivity contribution in [3.63, 3.8) is 0 Å². The van der Waals surface area contributed by atoms with E-state index in [9.17, 15) is 10.2 Å². The van der Waals surface area contributed by atoms with Crippen molar-refractivity contribution in [3.8, 4) is 5.75 Å². The Kier molecular flexibility index (Phi) is 5.33. The number of phenolic OH excluding ortho intramolecular Hbond substituents is 1. The second-order valence-corrected chi connectivity index (χ2v) is 7.57. The molecule has 2 N–H and O–H groups in total. The summed E-state index contributed by atoms with van der Waals surface area (Å²) < 4.78 is 0. The zero-order chi connectivity index (χ0) is 15.2. The highest BCUT2D eigenvalue weighted by Crippen LogP contribution is 2.54. The van der Waals surface area contributed by atoms with Gasteiger partial charge in [-0.25, -0.2) is 0 Å². The standard InChI is InChI=1S/C17H24ClNO2.ClH/c1-19(2)10-16-12-4-3-11(5-12)9-17(16,21)13-6-14(18)8-15(20)7-13;/h6-8,11-12,16,20-21H,3-5,9-10H2,1-2H3;1H. The van der Waals surface area contributed by atoms with Gasteiger partial charge < -0.3 is 15.1 Å². The van der Waals surface area contributed by atoms with E-state index in [2.05, 4.69) is 19.0 Å². The molecule has 2 aliphatic rings. The van der Waals surface area contributed by atoms with Crippen LogP contribution < -0.4 is 0 Å². The van der Waals surface area contributed by atoms with Crippen LogP contribution in [-0.2, 0) is 5.60 Å². The molecule has 0 amide bonds. The Morgan fingerprint density at radius 2 is 2.00 bits per heavy atom. The van der Waals surface area contributed by atoms with Crippen molar-refractivity contribution in [3.05, 3.63) is 28.8 Å². The zero-order valence-corrected chi connectivity index (χ0v) is 14.7. The van der Waals surface area contributed by atoms with Gasteiger partial charge in [0.25, 0.3) is 0 Å². The van der Waals surface area contributed by atoms with Gasteiger partial charge in [0.2, 0.25) is 0 Å². The van der Waals surface area contributed by atoms with Crippen molar-refractivity contribution in [2.75, 3.05) is 20.6 Å². The monoisotopic (exact) mass is 345 g/mol. The fourth-order valence-corrected chi connectivity index (χ4v) is 4.72. The largest absolute Gasteiger partial charge is 0.508 e. The molecule has 2 saturated carbocycles. The number of aliphatic hydroxyl groups is 1. The zero-order valence-electron chi connectivity index (χ0n) is 13.1. The van der Waals surface area contributed by atoms with Gasteiger partial charge in [0.05, 0.1) is 5.60 Å². The van der Waals surface area contributed by atoms with Gasteiger partial charge in [-0.3, -0.25) is 0 Å². The average Bonchev–Trinajstić information content (AvgIpc) is 2.77. The van der Waals surface area contributed by atoms with Crippen LogP contribution in [0.25, 0.3) is 0 Å². The van der Waals surface area contributed by atoms with Crippen molar-refractivity contribution < 1.29 is 10.2 Å². The highest BCUT2D eigenvalue weighted by molar-refractivity contribution is 6.30. The van der Waals surface area contributed by atoms with Gasteiger partial charge in [0.15, 0.2) is 0 Å². The molecule has 124 valence electrons. The minimum absolute atomic E-state index is 0. The van der Waals surface area contributed by atoms with Crippen molar-refractivity contribution in [1.29, 1.82) is 0 Å². The maximum absolute atomic E-state index is 11.5. The van der Waals surface area contributed by atoms with E-state index >= 15 is 0 Å². The SMILES string of the molecule is CN(C)CC1C2CCC(C2)CC1(O)c1cc(O)cc(Cl)c1.Cl. The van der Waals surface area contributed by atoms with E-state index in [0.29, 0.717) is 16.9 Å². The molecule has 3 rings (SSSR count). The van der Waals surface area contributed by atoms with Crippen molar-refractivity contribution >= 4 is 24.0 Å². The van der Waals surface area contributed by atoms with Gasteiger partial charge in [-0.15, -0.1) is 12.4 Å². The van der Waals surface area contributed by atoms with Gasteiger partial charge in [0.1, 0.15) is 5.75 Å². The third-order valence-corrected chi connectivity index (χ3v) is 5.53. The Bertz CT molecular complexity index is 517. The van der Waals surface area contributed by atoms with Crippen LogP contribution in [0.15, 0.2) is 18.2 Å². The van der Waals surface area contributed by atoms with Crippen LogP contribution in [0.2, 0.25) is 5.02 Å². The molecule has 1 aromatic carbocycles. The highest BCUT2D eigenvalue weighted by Gasteiger charge is 2.51. The van der Waals surface area contributed by atoms with E-state index in [4.69, 9.17) is 11.6 Å². The first-order valence-corrected chi connectivity index (χ1v) is 8.13. The van der Waals surface area contributed by atoms with Gasteiger partial charge in [-0.1, -0.05) is 18.0 Å². The lowest BCUT2D eigenvalue weighted by Gasteiger charge is -2.45. The predicted molar refractivity (Wildman–Crippen MR) is 91.8 cm³/mol. The van der Waals surface area contributed by atoms with Crippen molar-refractivity contribution in [2.45, 2.75) is 31.3 Å². The average molecular weight is 346 g/mol. The normalized spacial score (nSPS) is 33.8. The summed E-state index contributed by atoms with van der Waals surface area (Å²) in [5, 5.41) is 21.8. The first-order valence-electron chi connectivity index (χ1n) is 7.75. The topological polar surface area (TPSA) is 43.7 Å². The molecule has 3 nitrogen and oxygen atoms in total. The summed E-state index contributed by atoms with van der Waals surface area (Å²) in [4.78, 5) is 2.15. The van der Waals surface area contributed by atoms with Crippen LogP contribution in [-0.4, -0.2) is 35.8 Å². The third-order valence-electron chi connectivity index (χ3n) is 5.31. The fraction of sp³-hybridized carbons (Fsp3) is 0.647. The smallest absolute Gasteiger partial charge is 0.117 e. The van der Waals surface area contributed by atoms with E-state index in [-0.39, 0.29) is 24.1 Å². The molecular weight excluding hydrogens is 321 g/mol. The molecule has 2 bridgehead atoms. The van der Waals surface area contributed by atoms with E-state index in [1.54, 1.807) is 6.07 Å². The van der Waals surface area contributed by atoms with Crippen molar-refractivity contribution in [2.24, 2.45) is 17.8 Å². The lowest BCUT2D eigenvalue weighted by molar-refractivity contribution is -0.0892. The van der Waals surface area contributed by atoms with Gasteiger partial charge >= 0.3 is 0 Å².